The molecule has 31 heavy (non-hydrogen) atoms. The number of nitrogens with one attached hydrogen (secondary N) is 2. The van der Waals surface area contributed by atoms with Gasteiger partial charge in [-0.15, -0.1) is 0 Å². The zero-order valence-electron chi connectivity index (χ0n) is 17.5. The van der Waals surface area contributed by atoms with Crippen LogP contribution in [-0.2, 0) is 14.8 Å². The number of hydrogen-bond donors (Lipinski definition) is 2. The lowest BCUT2D eigenvalue weighted by atomic mass is 10.1. The van der Waals surface area contributed by atoms with Gasteiger partial charge in [0.1, 0.15) is 11.6 Å². The maximum Gasteiger partial charge on any atom is 0.267 e. The molecule has 0 bridgehead atoms. The van der Waals surface area contributed by atoms with E-state index >= 15 is 0 Å². The van der Waals surface area contributed by atoms with E-state index in [1.54, 1.807) is 50.2 Å². The van der Waals surface area contributed by atoms with E-state index in [-0.39, 0.29) is 10.8 Å². The van der Waals surface area contributed by atoms with Crippen LogP contribution in [0.1, 0.15) is 39.5 Å². The Hall–Kier alpha value is -2.58. The highest BCUT2D eigenvalue weighted by Gasteiger charge is 2.30. The molecular formula is C22H26ClN3O4S. The maximum atomic E-state index is 12.7. The number of benzene rings is 2. The third-order valence-electron chi connectivity index (χ3n) is 4.78. The number of ether oxygens (including phenoxy) is 1. The minimum atomic E-state index is -3.72. The van der Waals surface area contributed by atoms with Crippen LogP contribution in [0, 0.1) is 0 Å². The first-order chi connectivity index (χ1) is 14.7. The first-order valence-corrected chi connectivity index (χ1v) is 11.9. The average Bonchev–Trinajstić information content (AvgIpc) is 2.98. The molecule has 1 aliphatic heterocycles. The van der Waals surface area contributed by atoms with Gasteiger partial charge in [0, 0.05) is 23.7 Å². The molecule has 7 nitrogen and oxygen atoms in total. The highest BCUT2D eigenvalue weighted by atomic mass is 35.5. The van der Waals surface area contributed by atoms with Crippen LogP contribution in [0.5, 0.6) is 5.75 Å². The van der Waals surface area contributed by atoms with Crippen LogP contribution < -0.4 is 14.8 Å². The number of hydrogen-bond acceptors (Lipinski definition) is 5. The van der Waals surface area contributed by atoms with E-state index in [9.17, 15) is 13.2 Å². The van der Waals surface area contributed by atoms with Gasteiger partial charge in [-0.1, -0.05) is 18.0 Å². The number of amides is 1. The van der Waals surface area contributed by atoms with Gasteiger partial charge in [0.05, 0.1) is 4.90 Å². The van der Waals surface area contributed by atoms with Gasteiger partial charge in [0.2, 0.25) is 0 Å². The first kappa shape index (κ1) is 23.1. The van der Waals surface area contributed by atoms with Crippen molar-refractivity contribution in [2.75, 3.05) is 11.9 Å². The van der Waals surface area contributed by atoms with Crippen molar-refractivity contribution in [2.24, 2.45) is 4.99 Å². The van der Waals surface area contributed by atoms with E-state index in [0.717, 1.165) is 19.3 Å². The Balaban J connectivity index is 1.64. The van der Waals surface area contributed by atoms with E-state index in [0.29, 0.717) is 35.3 Å². The summed E-state index contributed by atoms with van der Waals surface area (Å²) in [5.41, 5.74) is -0.693. The smallest absolute Gasteiger partial charge is 0.267 e. The number of halogens is 1. The molecule has 166 valence electrons. The van der Waals surface area contributed by atoms with Crippen molar-refractivity contribution in [3.05, 3.63) is 53.6 Å². The van der Waals surface area contributed by atoms with E-state index in [1.807, 2.05) is 0 Å². The third kappa shape index (κ3) is 6.45. The van der Waals surface area contributed by atoms with Crippen LogP contribution in [0.3, 0.4) is 0 Å². The van der Waals surface area contributed by atoms with Gasteiger partial charge in [-0.2, -0.15) is 0 Å². The monoisotopic (exact) mass is 463 g/mol. The number of amidine groups is 1. The Kier molecular flexibility index (Phi) is 7.23. The summed E-state index contributed by atoms with van der Waals surface area (Å²) in [6.07, 6.45) is 3.55. The summed E-state index contributed by atoms with van der Waals surface area (Å²) in [5, 5.41) is 3.33. The quantitative estimate of drug-likeness (QED) is 0.664. The summed E-state index contributed by atoms with van der Waals surface area (Å²) in [4.78, 5) is 17.1. The van der Waals surface area contributed by atoms with Crippen LogP contribution in [0.15, 0.2) is 58.4 Å². The van der Waals surface area contributed by atoms with Crippen molar-refractivity contribution in [2.45, 2.75) is 50.0 Å². The Morgan fingerprint density at radius 3 is 2.39 bits per heavy atom. The molecule has 0 aliphatic carbocycles. The van der Waals surface area contributed by atoms with Crippen LogP contribution >= 0.6 is 11.6 Å². The molecule has 2 aromatic rings. The van der Waals surface area contributed by atoms with Gasteiger partial charge in [0.15, 0.2) is 5.60 Å². The second kappa shape index (κ2) is 9.70. The molecule has 0 fully saturated rings. The molecular weight excluding hydrogens is 438 g/mol. The number of anilines is 1. The van der Waals surface area contributed by atoms with E-state index < -0.39 is 15.6 Å². The number of rotatable bonds is 6. The molecule has 2 aromatic carbocycles. The minimum absolute atomic E-state index is 0.106. The van der Waals surface area contributed by atoms with Gasteiger partial charge in [-0.25, -0.2) is 8.42 Å². The molecule has 0 atom stereocenters. The highest BCUT2D eigenvalue weighted by Crippen LogP contribution is 2.23. The fourth-order valence-electron chi connectivity index (χ4n) is 3.01. The van der Waals surface area contributed by atoms with Crippen LogP contribution in [0.2, 0.25) is 5.02 Å². The van der Waals surface area contributed by atoms with Crippen molar-refractivity contribution in [3.8, 4) is 5.75 Å². The Labute approximate surface area is 187 Å². The molecule has 2 N–H and O–H groups in total. The first-order valence-electron chi connectivity index (χ1n) is 10.1. The normalized spacial score (nSPS) is 14.9. The topological polar surface area (TPSA) is 96.9 Å². The Morgan fingerprint density at radius 1 is 1.03 bits per heavy atom. The third-order valence-corrected chi connectivity index (χ3v) is 6.43. The number of sulfonamides is 1. The van der Waals surface area contributed by atoms with Gasteiger partial charge < -0.3 is 10.1 Å². The van der Waals surface area contributed by atoms with Gasteiger partial charge >= 0.3 is 0 Å². The molecule has 0 saturated heterocycles. The lowest BCUT2D eigenvalue weighted by Gasteiger charge is -2.25. The van der Waals surface area contributed by atoms with Crippen molar-refractivity contribution >= 4 is 39.1 Å². The van der Waals surface area contributed by atoms with Gasteiger partial charge in [-0.3, -0.25) is 14.5 Å². The standard InChI is InChI=1S/C22H26ClN3O4S/c1-22(2,30-18-11-7-16(23)8-12-18)21(27)25-17-9-13-19(14-10-17)31(28,29)26-20-6-4-3-5-15-24-20/h7-14H,3-6,15H2,1-2H3,(H,24,26)(H,25,27). The summed E-state index contributed by atoms with van der Waals surface area (Å²) in [7, 11) is -3.72. The second-order valence-corrected chi connectivity index (χ2v) is 9.91. The SMILES string of the molecule is CC(C)(Oc1ccc(Cl)cc1)C(=O)Nc1ccc(S(=O)(=O)NC2=NCCCCC2)cc1. The maximum absolute atomic E-state index is 12.7. The number of carbonyl (C=O) groups excluding carboxylic acids is 1. The molecule has 1 heterocycles. The molecule has 0 spiro atoms. The number of carbonyl (C=O) groups is 1. The van der Waals surface area contributed by atoms with Crippen molar-refractivity contribution < 1.29 is 17.9 Å². The van der Waals surface area contributed by atoms with E-state index in [1.165, 1.54) is 12.1 Å². The van der Waals surface area contributed by atoms with Crippen molar-refractivity contribution in [1.82, 2.24) is 4.72 Å². The fourth-order valence-corrected chi connectivity index (χ4v) is 4.23. The lowest BCUT2D eigenvalue weighted by Crippen LogP contribution is -2.42. The molecule has 0 aromatic heterocycles. The summed E-state index contributed by atoms with van der Waals surface area (Å²) >= 11 is 5.87. The molecule has 0 radical (unpaired) electrons. The minimum Gasteiger partial charge on any atom is -0.478 e. The van der Waals surface area contributed by atoms with Crippen molar-refractivity contribution in [3.63, 3.8) is 0 Å². The molecule has 0 saturated carbocycles. The summed E-state index contributed by atoms with van der Waals surface area (Å²) in [5.74, 6) is 0.637. The summed E-state index contributed by atoms with van der Waals surface area (Å²) in [6, 6.07) is 12.7. The molecule has 3 rings (SSSR count). The average molecular weight is 464 g/mol. The predicted octanol–water partition coefficient (Wildman–Crippen LogP) is 4.39. The molecule has 1 amide bonds. The predicted molar refractivity (Wildman–Crippen MR) is 122 cm³/mol. The van der Waals surface area contributed by atoms with E-state index in [4.69, 9.17) is 16.3 Å². The molecule has 1 aliphatic rings. The Morgan fingerprint density at radius 2 is 1.71 bits per heavy atom. The highest BCUT2D eigenvalue weighted by molar-refractivity contribution is 7.90. The fraction of sp³-hybridized carbons (Fsp3) is 0.364. The zero-order valence-corrected chi connectivity index (χ0v) is 19.1. The Bertz CT molecular complexity index is 1050. The van der Waals surface area contributed by atoms with Crippen LogP contribution in [-0.4, -0.2) is 32.3 Å². The second-order valence-electron chi connectivity index (χ2n) is 7.79. The van der Waals surface area contributed by atoms with Crippen LogP contribution in [0.25, 0.3) is 0 Å². The summed E-state index contributed by atoms with van der Waals surface area (Å²) in [6.45, 7) is 3.93. The van der Waals surface area contributed by atoms with Crippen LogP contribution in [0.4, 0.5) is 5.69 Å². The lowest BCUT2D eigenvalue weighted by molar-refractivity contribution is -0.128. The van der Waals surface area contributed by atoms with Gasteiger partial charge in [-0.05, 0) is 75.2 Å². The number of nitrogens with zero attached hydrogens (tertiary/aromatic N) is 1. The number of aliphatic imine (C=N–C) groups is 1. The molecule has 0 unspecified atom stereocenters. The van der Waals surface area contributed by atoms with Crippen molar-refractivity contribution in [1.29, 1.82) is 0 Å². The van der Waals surface area contributed by atoms with E-state index in [2.05, 4.69) is 15.0 Å². The largest absolute Gasteiger partial charge is 0.478 e. The summed E-state index contributed by atoms with van der Waals surface area (Å²) < 4.78 is 33.6. The zero-order chi connectivity index (χ0) is 22.5. The molecule has 9 heteroatoms. The van der Waals surface area contributed by atoms with Gasteiger partial charge in [0.25, 0.3) is 15.9 Å².